The highest BCUT2D eigenvalue weighted by Crippen LogP contribution is 2.34. The number of hydrogen-bond acceptors (Lipinski definition) is 3. The molecule has 0 aromatic heterocycles. The molecular weight excluding hydrogens is 328 g/mol. The van der Waals surface area contributed by atoms with Crippen molar-refractivity contribution in [3.8, 4) is 0 Å². The van der Waals surface area contributed by atoms with Crippen LogP contribution in [-0.4, -0.2) is 59.0 Å². The number of benzene rings is 1. The number of hydrogen-bond donors (Lipinski definition) is 1. The van der Waals surface area contributed by atoms with E-state index in [0.29, 0.717) is 26.1 Å². The van der Waals surface area contributed by atoms with Gasteiger partial charge in [0.2, 0.25) is 11.8 Å². The lowest BCUT2D eigenvalue weighted by Gasteiger charge is -2.30. The molecule has 0 bridgehead atoms. The van der Waals surface area contributed by atoms with Crippen molar-refractivity contribution in [3.05, 3.63) is 42.0 Å². The van der Waals surface area contributed by atoms with Gasteiger partial charge in [0.25, 0.3) is 0 Å². The third kappa shape index (κ3) is 4.73. The van der Waals surface area contributed by atoms with Crippen molar-refractivity contribution >= 4 is 17.9 Å². The highest BCUT2D eigenvalue weighted by molar-refractivity contribution is 5.90. The molecule has 0 unspecified atom stereocenters. The van der Waals surface area contributed by atoms with Crippen LogP contribution in [0.25, 0.3) is 6.08 Å². The van der Waals surface area contributed by atoms with Gasteiger partial charge < -0.3 is 14.9 Å². The van der Waals surface area contributed by atoms with Crippen molar-refractivity contribution in [1.29, 1.82) is 0 Å². The summed E-state index contributed by atoms with van der Waals surface area (Å²) in [6, 6.07) is 9.64. The van der Waals surface area contributed by atoms with E-state index in [-0.39, 0.29) is 30.4 Å². The van der Waals surface area contributed by atoms with Gasteiger partial charge in [0.1, 0.15) is 6.04 Å². The van der Waals surface area contributed by atoms with Gasteiger partial charge in [0.05, 0.1) is 0 Å². The Balaban J connectivity index is 1.64. The summed E-state index contributed by atoms with van der Waals surface area (Å²) in [5, 5.41) is 9.17. The zero-order chi connectivity index (χ0) is 18.4. The molecule has 0 radical (unpaired) electrons. The molecule has 1 aromatic carbocycles. The lowest BCUT2D eigenvalue weighted by atomic mass is 10.1. The van der Waals surface area contributed by atoms with Gasteiger partial charge in [-0.25, -0.2) is 0 Å². The topological polar surface area (TPSA) is 60.9 Å². The minimum atomic E-state index is -0.327. The summed E-state index contributed by atoms with van der Waals surface area (Å²) in [7, 11) is 0. The zero-order valence-electron chi connectivity index (χ0n) is 15.2. The van der Waals surface area contributed by atoms with Gasteiger partial charge in [-0.1, -0.05) is 42.5 Å². The Morgan fingerprint density at radius 1 is 1.19 bits per heavy atom. The van der Waals surface area contributed by atoms with Gasteiger partial charge in [-0.3, -0.25) is 9.59 Å². The number of amides is 2. The number of carbonyl (C=O) groups excluding carboxylic acids is 2. The smallest absolute Gasteiger partial charge is 0.245 e. The average Bonchev–Trinajstić information content (AvgIpc) is 3.40. The Labute approximate surface area is 155 Å². The lowest BCUT2D eigenvalue weighted by Crippen LogP contribution is -2.48. The van der Waals surface area contributed by atoms with Crippen molar-refractivity contribution in [2.75, 3.05) is 26.2 Å². The Morgan fingerprint density at radius 2 is 1.96 bits per heavy atom. The van der Waals surface area contributed by atoms with Crippen molar-refractivity contribution < 1.29 is 14.7 Å². The van der Waals surface area contributed by atoms with Crippen molar-refractivity contribution in [2.24, 2.45) is 5.92 Å². The van der Waals surface area contributed by atoms with E-state index in [1.54, 1.807) is 9.80 Å². The molecule has 1 aromatic rings. The highest BCUT2D eigenvalue weighted by atomic mass is 16.3. The van der Waals surface area contributed by atoms with Crippen LogP contribution in [0.15, 0.2) is 36.4 Å². The highest BCUT2D eigenvalue weighted by Gasteiger charge is 2.41. The maximum Gasteiger partial charge on any atom is 0.245 e. The van der Waals surface area contributed by atoms with Crippen molar-refractivity contribution in [1.82, 2.24) is 9.80 Å². The quantitative estimate of drug-likeness (QED) is 0.778. The maximum atomic E-state index is 13.1. The fraction of sp³-hybridized carbons (Fsp3) is 0.524. The monoisotopic (exact) mass is 356 g/mol. The van der Waals surface area contributed by atoms with E-state index in [2.05, 4.69) is 0 Å². The van der Waals surface area contributed by atoms with Gasteiger partial charge in [-0.05, 0) is 37.7 Å². The lowest BCUT2D eigenvalue weighted by molar-refractivity contribution is -0.144. The molecule has 1 N–H and O–H groups in total. The standard InChI is InChI=1S/C21H28N2O3/c24-16-6-14-22(13-4-9-17-7-2-1-3-8-17)21(26)19-10-5-15-23(19)20(25)18-11-12-18/h1-4,7-9,18-19,24H,5-6,10-16H2/t19-/m0/s1. The second-order valence-electron chi connectivity index (χ2n) is 7.14. The molecular formula is C21H28N2O3. The van der Waals surface area contributed by atoms with Crippen LogP contribution in [0.3, 0.4) is 0 Å². The Morgan fingerprint density at radius 3 is 2.65 bits per heavy atom. The summed E-state index contributed by atoms with van der Waals surface area (Å²) < 4.78 is 0. The Hall–Kier alpha value is -2.14. The van der Waals surface area contributed by atoms with E-state index in [9.17, 15) is 9.59 Å². The molecule has 5 heteroatoms. The molecule has 2 aliphatic rings. The zero-order valence-corrected chi connectivity index (χ0v) is 15.2. The van der Waals surface area contributed by atoms with Crippen LogP contribution in [0, 0.1) is 5.92 Å². The molecule has 3 rings (SSSR count). The minimum Gasteiger partial charge on any atom is -0.396 e. The molecule has 1 aliphatic carbocycles. The summed E-state index contributed by atoms with van der Waals surface area (Å²) in [6.45, 7) is 1.76. The van der Waals surface area contributed by atoms with E-state index in [1.807, 2.05) is 42.5 Å². The molecule has 2 amide bonds. The number of likely N-dealkylation sites (tertiary alicyclic amines) is 1. The molecule has 2 fully saturated rings. The first-order valence-electron chi connectivity index (χ1n) is 9.62. The SMILES string of the molecule is O=C([C@@H]1CCCN1C(=O)C1CC1)N(CC=Cc1ccccc1)CCCO. The van der Waals surface area contributed by atoms with E-state index in [1.165, 1.54) is 0 Å². The van der Waals surface area contributed by atoms with Gasteiger partial charge in [0, 0.05) is 32.2 Å². The largest absolute Gasteiger partial charge is 0.396 e. The third-order valence-corrected chi connectivity index (χ3v) is 5.08. The van der Waals surface area contributed by atoms with E-state index in [0.717, 1.165) is 31.2 Å². The summed E-state index contributed by atoms with van der Waals surface area (Å²) in [5.74, 6) is 0.317. The summed E-state index contributed by atoms with van der Waals surface area (Å²) in [6.07, 6.45) is 8.09. The molecule has 1 saturated carbocycles. The van der Waals surface area contributed by atoms with Crippen LogP contribution in [0.1, 0.15) is 37.7 Å². The van der Waals surface area contributed by atoms with Crippen LogP contribution in [-0.2, 0) is 9.59 Å². The summed E-state index contributed by atoms with van der Waals surface area (Å²) in [5.41, 5.74) is 1.09. The van der Waals surface area contributed by atoms with Gasteiger partial charge in [-0.2, -0.15) is 0 Å². The average molecular weight is 356 g/mol. The first-order valence-corrected chi connectivity index (χ1v) is 9.62. The second-order valence-corrected chi connectivity index (χ2v) is 7.14. The number of carbonyl (C=O) groups is 2. The predicted molar refractivity (Wildman–Crippen MR) is 101 cm³/mol. The van der Waals surface area contributed by atoms with Gasteiger partial charge in [-0.15, -0.1) is 0 Å². The van der Waals surface area contributed by atoms with Crippen LogP contribution in [0.5, 0.6) is 0 Å². The Kier molecular flexibility index (Phi) is 6.45. The van der Waals surface area contributed by atoms with Gasteiger partial charge >= 0.3 is 0 Å². The third-order valence-electron chi connectivity index (χ3n) is 5.08. The van der Waals surface area contributed by atoms with Crippen LogP contribution in [0.4, 0.5) is 0 Å². The minimum absolute atomic E-state index is 0.0164. The molecule has 5 nitrogen and oxygen atoms in total. The molecule has 26 heavy (non-hydrogen) atoms. The normalized spacial score (nSPS) is 19.9. The van der Waals surface area contributed by atoms with Crippen LogP contribution >= 0.6 is 0 Å². The predicted octanol–water partition coefficient (Wildman–Crippen LogP) is 2.31. The fourth-order valence-electron chi connectivity index (χ4n) is 3.50. The molecule has 1 aliphatic heterocycles. The fourth-order valence-corrected chi connectivity index (χ4v) is 3.50. The van der Waals surface area contributed by atoms with Crippen molar-refractivity contribution in [3.63, 3.8) is 0 Å². The first kappa shape index (κ1) is 18.6. The molecule has 1 saturated heterocycles. The second kappa shape index (κ2) is 8.99. The van der Waals surface area contributed by atoms with Gasteiger partial charge in [0.15, 0.2) is 0 Å². The van der Waals surface area contributed by atoms with Crippen LogP contribution in [0.2, 0.25) is 0 Å². The van der Waals surface area contributed by atoms with E-state index < -0.39 is 0 Å². The van der Waals surface area contributed by atoms with E-state index in [4.69, 9.17) is 5.11 Å². The Bertz CT molecular complexity index is 640. The summed E-state index contributed by atoms with van der Waals surface area (Å²) in [4.78, 5) is 29.1. The number of aliphatic hydroxyl groups is 1. The molecule has 1 heterocycles. The first-order chi connectivity index (χ1) is 12.7. The number of nitrogens with zero attached hydrogens (tertiary/aromatic N) is 2. The molecule has 0 spiro atoms. The number of aliphatic hydroxyl groups excluding tert-OH is 1. The van der Waals surface area contributed by atoms with Crippen molar-refractivity contribution in [2.45, 2.75) is 38.1 Å². The number of rotatable bonds is 8. The van der Waals surface area contributed by atoms with E-state index >= 15 is 0 Å². The molecule has 140 valence electrons. The maximum absolute atomic E-state index is 13.1. The summed E-state index contributed by atoms with van der Waals surface area (Å²) >= 11 is 0. The van der Waals surface area contributed by atoms with Crippen LogP contribution < -0.4 is 0 Å². The molecule has 1 atom stereocenters.